The van der Waals surface area contributed by atoms with Gasteiger partial charge in [0.05, 0.1) is 0 Å². The Labute approximate surface area is 260 Å². The van der Waals surface area contributed by atoms with Gasteiger partial charge < -0.3 is 4.74 Å². The van der Waals surface area contributed by atoms with Gasteiger partial charge in [-0.3, -0.25) is 0 Å². The van der Waals surface area contributed by atoms with E-state index in [1.54, 1.807) is 0 Å². The minimum absolute atomic E-state index is 0.795. The van der Waals surface area contributed by atoms with E-state index in [0.29, 0.717) is 0 Å². The Morgan fingerprint density at radius 3 is 0.878 bits per heavy atom. The third kappa shape index (κ3) is 7.23. The van der Waals surface area contributed by atoms with E-state index in [-0.39, 0.29) is 0 Å². The van der Waals surface area contributed by atoms with Crippen molar-refractivity contribution in [1.29, 1.82) is 0 Å². The molecule has 0 fully saturated rings. The van der Waals surface area contributed by atoms with Crippen LogP contribution in [0.5, 0.6) is 11.5 Å². The molecule has 0 spiro atoms. The van der Waals surface area contributed by atoms with Crippen molar-refractivity contribution in [3.63, 3.8) is 0 Å². The van der Waals surface area contributed by atoms with Gasteiger partial charge in [-0.15, -0.1) is 0 Å². The molecule has 0 radical (unpaired) electrons. The Hall–Kier alpha value is -3.07. The minimum atomic E-state index is -0.795. The zero-order chi connectivity index (χ0) is 28.3. The maximum absolute atomic E-state index is 6.92. The van der Waals surface area contributed by atoms with Crippen LogP contribution in [0.25, 0.3) is 0 Å². The van der Waals surface area contributed by atoms with Crippen molar-refractivity contribution in [1.82, 2.24) is 0 Å². The minimum Gasteiger partial charge on any atom is -0.456 e. The van der Waals surface area contributed by atoms with E-state index in [1.165, 1.54) is 31.8 Å². The first kappa shape index (κ1) is 29.4. The molecule has 205 valence electrons. The SMILES string of the molecule is [Cl][Pd].c1ccc(P(c2ccccc2)c2ccccc2Oc2ccccc2P(c2ccccc2)c2ccccc2)cc1. The first-order valence-electron chi connectivity index (χ1n) is 13.2. The Balaban J connectivity index is 0.00000165. The molecule has 0 aromatic heterocycles. The molecule has 0 amide bonds. The number of benzene rings is 6. The van der Waals surface area contributed by atoms with Crippen LogP contribution >= 0.6 is 25.4 Å². The molecule has 0 N–H and O–H groups in total. The molecule has 0 atom stereocenters. The predicted octanol–water partition coefficient (Wildman–Crippen LogP) is 7.68. The van der Waals surface area contributed by atoms with Crippen molar-refractivity contribution < 1.29 is 22.9 Å². The molecule has 0 heterocycles. The van der Waals surface area contributed by atoms with Crippen LogP contribution < -0.4 is 36.6 Å². The van der Waals surface area contributed by atoms with Gasteiger partial charge >= 0.3 is 27.7 Å². The van der Waals surface area contributed by atoms with Gasteiger partial charge in [-0.2, -0.15) is 0 Å². The molecule has 0 aliphatic rings. The van der Waals surface area contributed by atoms with Gasteiger partial charge in [0.25, 0.3) is 0 Å². The molecule has 5 heteroatoms. The van der Waals surface area contributed by atoms with E-state index in [1.807, 2.05) is 0 Å². The molecule has 1 nitrogen and oxygen atoms in total. The van der Waals surface area contributed by atoms with Gasteiger partial charge in [0.1, 0.15) is 11.5 Å². The average molecular weight is 680 g/mol. The molecule has 0 aliphatic heterocycles. The quantitative estimate of drug-likeness (QED) is 0.118. The zero-order valence-corrected chi connectivity index (χ0v) is 26.3. The summed E-state index contributed by atoms with van der Waals surface area (Å²) >= 11 is 2.22. The van der Waals surface area contributed by atoms with Crippen LogP contribution in [-0.4, -0.2) is 0 Å². The van der Waals surface area contributed by atoms with Crippen LogP contribution in [0, 0.1) is 0 Å². The summed E-state index contributed by atoms with van der Waals surface area (Å²) < 4.78 is 6.92. The van der Waals surface area contributed by atoms with E-state index < -0.39 is 15.8 Å². The summed E-state index contributed by atoms with van der Waals surface area (Å²) in [6, 6.07) is 60.2. The van der Waals surface area contributed by atoms with Crippen molar-refractivity contribution in [2.75, 3.05) is 0 Å². The number of rotatable bonds is 8. The molecule has 6 aromatic carbocycles. The van der Waals surface area contributed by atoms with Gasteiger partial charge in [0, 0.05) is 10.6 Å². The monoisotopic (exact) mass is 679 g/mol. The van der Waals surface area contributed by atoms with Crippen molar-refractivity contribution in [2.24, 2.45) is 0 Å². The number of hydrogen-bond acceptors (Lipinski definition) is 1. The van der Waals surface area contributed by atoms with Crippen LogP contribution in [0.3, 0.4) is 0 Å². The average Bonchev–Trinajstić information content (AvgIpc) is 3.06. The first-order chi connectivity index (χ1) is 20.4. The molecule has 0 saturated carbocycles. The van der Waals surface area contributed by atoms with Crippen molar-refractivity contribution in [3.05, 3.63) is 170 Å². The summed E-state index contributed by atoms with van der Waals surface area (Å²) in [7, 11) is 2.90. The van der Waals surface area contributed by atoms with Crippen molar-refractivity contribution in [3.8, 4) is 11.5 Å². The summed E-state index contributed by atoms with van der Waals surface area (Å²) in [5, 5.41) is 7.64. The molecule has 0 aliphatic carbocycles. The summed E-state index contributed by atoms with van der Waals surface area (Å²) in [6.45, 7) is 0. The van der Waals surface area contributed by atoms with Crippen LogP contribution in [0.2, 0.25) is 0 Å². The van der Waals surface area contributed by atoms with E-state index in [0.717, 1.165) is 11.5 Å². The fourth-order valence-electron chi connectivity index (χ4n) is 4.74. The fourth-order valence-corrected chi connectivity index (χ4v) is 9.48. The number of para-hydroxylation sites is 2. The van der Waals surface area contributed by atoms with E-state index in [4.69, 9.17) is 4.74 Å². The molecule has 6 rings (SSSR count). The second-order valence-corrected chi connectivity index (χ2v) is 13.4. The standard InChI is InChI=1S/C36H28OP2.ClH.Pd/c1-5-17-29(18-6-1)38(30-19-7-2-8-20-30)35-27-15-13-25-33(35)37-34-26-14-16-28-36(34)39(31-21-9-3-10-22-31)32-23-11-4-12-24-32;;/h1-28H;1H;/q;;+1/p-1. The van der Waals surface area contributed by atoms with Gasteiger partial charge in [0.2, 0.25) is 0 Å². The van der Waals surface area contributed by atoms with Crippen LogP contribution in [0.4, 0.5) is 0 Å². The second kappa shape index (κ2) is 15.2. The van der Waals surface area contributed by atoms with Crippen LogP contribution in [0.1, 0.15) is 0 Å². The largest absolute Gasteiger partial charge is 0.456 e. The first-order valence-corrected chi connectivity index (χ1v) is 17.9. The normalized spacial score (nSPS) is 10.7. The Morgan fingerprint density at radius 2 is 0.585 bits per heavy atom. The smallest absolute Gasteiger partial charge is 0.135 e. The number of halogens is 1. The maximum atomic E-state index is 6.92. The summed E-state index contributed by atoms with van der Waals surface area (Å²) in [5.74, 6) is 1.81. The fraction of sp³-hybridized carbons (Fsp3) is 0. The molecule has 0 saturated heterocycles. The van der Waals surface area contributed by atoms with Gasteiger partial charge in [0.15, 0.2) is 0 Å². The maximum Gasteiger partial charge on any atom is 0.135 e. The topological polar surface area (TPSA) is 9.23 Å². The van der Waals surface area contributed by atoms with Crippen LogP contribution in [0.15, 0.2) is 170 Å². The molecule has 0 bridgehead atoms. The third-order valence-electron chi connectivity index (χ3n) is 6.49. The Bertz CT molecular complexity index is 1430. The summed E-state index contributed by atoms with van der Waals surface area (Å²) in [6.07, 6.45) is 0. The van der Waals surface area contributed by atoms with Gasteiger partial charge in [-0.1, -0.05) is 158 Å². The van der Waals surface area contributed by atoms with Crippen molar-refractivity contribution in [2.45, 2.75) is 0 Å². The van der Waals surface area contributed by atoms with E-state index in [9.17, 15) is 0 Å². The van der Waals surface area contributed by atoms with E-state index >= 15 is 0 Å². The summed E-state index contributed by atoms with van der Waals surface area (Å²) in [4.78, 5) is 0. The van der Waals surface area contributed by atoms with Crippen molar-refractivity contribution >= 4 is 57.2 Å². The molecule has 41 heavy (non-hydrogen) atoms. The molecule has 6 aromatic rings. The molecular weight excluding hydrogens is 652 g/mol. The van der Waals surface area contributed by atoms with Crippen LogP contribution in [-0.2, 0) is 18.2 Å². The Kier molecular flexibility index (Phi) is 10.9. The summed E-state index contributed by atoms with van der Waals surface area (Å²) in [5.41, 5.74) is 0. The third-order valence-corrected chi connectivity index (χ3v) is 11.5. The Morgan fingerprint density at radius 1 is 0.341 bits per heavy atom. The van der Waals surface area contributed by atoms with E-state index in [2.05, 4.69) is 198 Å². The zero-order valence-electron chi connectivity index (χ0n) is 22.2. The number of ether oxygens (including phenoxy) is 1. The molecular formula is C36H28ClOP2Pd. The second-order valence-electron chi connectivity index (χ2n) is 9.05. The predicted molar refractivity (Wildman–Crippen MR) is 176 cm³/mol. The number of hydrogen-bond donors (Lipinski definition) is 0. The van der Waals surface area contributed by atoms with Gasteiger partial charge in [-0.05, 0) is 49.2 Å². The molecule has 0 unspecified atom stereocenters. The van der Waals surface area contributed by atoms with Gasteiger partial charge in [-0.25, -0.2) is 0 Å².